The first-order chi connectivity index (χ1) is 8.72. The summed E-state index contributed by atoms with van der Waals surface area (Å²) < 4.78 is 0. The first-order valence-electron chi connectivity index (χ1n) is 6.30. The summed E-state index contributed by atoms with van der Waals surface area (Å²) in [5, 5.41) is 22.3. The number of halogens is 2. The van der Waals surface area contributed by atoms with Crippen LogP contribution < -0.4 is 5.32 Å². The number of phenolic OH excluding ortho intramolecular Hbond substituents is 2. The largest absolute Gasteiger partial charge is 0.504 e. The van der Waals surface area contributed by atoms with Crippen molar-refractivity contribution in [2.24, 2.45) is 0 Å². The minimum atomic E-state index is -0.0728. The minimum Gasteiger partial charge on any atom is -0.504 e. The third-order valence-electron chi connectivity index (χ3n) is 3.37. The van der Waals surface area contributed by atoms with E-state index in [1.807, 2.05) is 12.1 Å². The van der Waals surface area contributed by atoms with Crippen molar-refractivity contribution < 1.29 is 10.2 Å². The lowest BCUT2D eigenvalue weighted by molar-refractivity contribution is 0.174. The van der Waals surface area contributed by atoms with Crippen molar-refractivity contribution in [3.63, 3.8) is 0 Å². The molecule has 1 saturated heterocycles. The molecule has 0 bridgehead atoms. The van der Waals surface area contributed by atoms with Gasteiger partial charge in [0.05, 0.1) is 0 Å². The van der Waals surface area contributed by atoms with Gasteiger partial charge < -0.3 is 15.5 Å². The van der Waals surface area contributed by atoms with E-state index in [2.05, 4.69) is 16.8 Å². The highest BCUT2D eigenvalue weighted by molar-refractivity contribution is 5.85. The van der Waals surface area contributed by atoms with Gasteiger partial charge in [-0.3, -0.25) is 4.90 Å². The summed E-state index contributed by atoms with van der Waals surface area (Å²) in [7, 11) is 0. The van der Waals surface area contributed by atoms with Gasteiger partial charge >= 0.3 is 0 Å². The van der Waals surface area contributed by atoms with Gasteiger partial charge in [0, 0.05) is 32.2 Å². The summed E-state index contributed by atoms with van der Waals surface area (Å²) in [5.41, 5.74) is 1.02. The van der Waals surface area contributed by atoms with Crippen molar-refractivity contribution in [2.75, 3.05) is 26.2 Å². The quantitative estimate of drug-likeness (QED) is 0.589. The maximum atomic E-state index is 9.61. The predicted molar refractivity (Wildman–Crippen MR) is 86.3 cm³/mol. The lowest BCUT2D eigenvalue weighted by Gasteiger charge is -2.34. The molecule has 6 heteroatoms. The molecule has 0 saturated carbocycles. The number of piperazine rings is 1. The number of benzene rings is 1. The van der Waals surface area contributed by atoms with Gasteiger partial charge in [-0.1, -0.05) is 12.1 Å². The van der Waals surface area contributed by atoms with E-state index in [0.29, 0.717) is 0 Å². The van der Waals surface area contributed by atoms with Crippen LogP contribution in [0.1, 0.15) is 18.0 Å². The van der Waals surface area contributed by atoms with Crippen molar-refractivity contribution in [1.29, 1.82) is 0 Å². The number of aromatic hydroxyl groups is 2. The molecule has 2 rings (SSSR count). The number of nitrogens with zero attached hydrogens (tertiary/aromatic N) is 1. The molecule has 1 atom stereocenters. The van der Waals surface area contributed by atoms with E-state index in [4.69, 9.17) is 0 Å². The van der Waals surface area contributed by atoms with E-state index in [1.165, 1.54) is 0 Å². The van der Waals surface area contributed by atoms with Crippen molar-refractivity contribution in [2.45, 2.75) is 12.5 Å². The lowest BCUT2D eigenvalue weighted by Crippen LogP contribution is -2.45. The Bertz CT molecular complexity index is 424. The molecule has 0 aromatic heterocycles. The zero-order chi connectivity index (χ0) is 13.0. The van der Waals surface area contributed by atoms with Crippen LogP contribution in [0, 0.1) is 0 Å². The van der Waals surface area contributed by atoms with Gasteiger partial charge in [-0.25, -0.2) is 0 Å². The maximum Gasteiger partial charge on any atom is 0.157 e. The van der Waals surface area contributed by atoms with Crippen LogP contribution in [0.5, 0.6) is 11.5 Å². The summed E-state index contributed by atoms with van der Waals surface area (Å²) in [6, 6.07) is 5.27. The highest BCUT2D eigenvalue weighted by Crippen LogP contribution is 2.32. The van der Waals surface area contributed by atoms with Gasteiger partial charge in [0.1, 0.15) is 0 Å². The maximum absolute atomic E-state index is 9.61. The van der Waals surface area contributed by atoms with Crippen LogP contribution in [-0.4, -0.2) is 41.3 Å². The van der Waals surface area contributed by atoms with Crippen LogP contribution in [0.25, 0.3) is 0 Å². The Kier molecular flexibility index (Phi) is 8.65. The third-order valence-corrected chi connectivity index (χ3v) is 3.37. The molecule has 1 aliphatic heterocycles. The summed E-state index contributed by atoms with van der Waals surface area (Å²) in [6.07, 6.45) is 2.74. The molecule has 20 heavy (non-hydrogen) atoms. The summed E-state index contributed by atoms with van der Waals surface area (Å²) >= 11 is 0. The Labute approximate surface area is 132 Å². The summed E-state index contributed by atoms with van der Waals surface area (Å²) in [5.74, 6) is -0.131. The second-order valence-electron chi connectivity index (χ2n) is 4.57. The fourth-order valence-corrected chi connectivity index (χ4v) is 2.40. The van der Waals surface area contributed by atoms with Crippen LogP contribution in [0.4, 0.5) is 0 Å². The van der Waals surface area contributed by atoms with Crippen LogP contribution in [0.3, 0.4) is 0 Å². The number of phenols is 2. The van der Waals surface area contributed by atoms with Gasteiger partial charge in [0.15, 0.2) is 11.5 Å². The molecule has 114 valence electrons. The van der Waals surface area contributed by atoms with E-state index < -0.39 is 0 Å². The van der Waals surface area contributed by atoms with Crippen LogP contribution in [0.2, 0.25) is 0 Å². The molecule has 1 aliphatic rings. The topological polar surface area (TPSA) is 55.7 Å². The molecule has 0 amide bonds. The van der Waals surface area contributed by atoms with E-state index in [-0.39, 0.29) is 42.4 Å². The molecular weight excluding hydrogens is 299 g/mol. The molecule has 3 N–H and O–H groups in total. The molecule has 0 radical (unpaired) electrons. The highest BCUT2D eigenvalue weighted by Gasteiger charge is 2.21. The smallest absolute Gasteiger partial charge is 0.157 e. The molecule has 4 nitrogen and oxygen atoms in total. The monoisotopic (exact) mass is 320 g/mol. The molecule has 0 aliphatic carbocycles. The molecular formula is C14H22Cl2N2O2. The molecule has 0 spiro atoms. The third kappa shape index (κ3) is 4.56. The van der Waals surface area contributed by atoms with Crippen molar-refractivity contribution >= 4 is 24.8 Å². The molecule has 1 aromatic carbocycles. The van der Waals surface area contributed by atoms with Gasteiger partial charge in [-0.2, -0.15) is 0 Å². The average molecular weight is 321 g/mol. The standard InChI is InChI=1S/C14H20N2O2.2ClH/c1-2-3-12(16-8-6-15-7-9-16)11-4-5-13(17)14(18)10-11;;/h2,4-5,10,12,15,17-18H,1,3,6-9H2;2*1H/t12-;;/m0../s1. The first-order valence-corrected chi connectivity index (χ1v) is 6.30. The SMILES string of the molecule is C=CC[C@@H](c1ccc(O)c(O)c1)N1CCNCC1.Cl.Cl. The predicted octanol–water partition coefficient (Wildman–Crippen LogP) is 2.46. The summed E-state index contributed by atoms with van der Waals surface area (Å²) in [4.78, 5) is 2.38. The Morgan fingerprint density at radius 2 is 1.85 bits per heavy atom. The second-order valence-corrected chi connectivity index (χ2v) is 4.57. The fraction of sp³-hybridized carbons (Fsp3) is 0.429. The average Bonchev–Trinajstić information content (AvgIpc) is 2.40. The van der Waals surface area contributed by atoms with E-state index in [9.17, 15) is 10.2 Å². The Morgan fingerprint density at radius 3 is 2.40 bits per heavy atom. The van der Waals surface area contributed by atoms with E-state index in [1.54, 1.807) is 12.1 Å². The molecule has 1 heterocycles. The van der Waals surface area contributed by atoms with Crippen LogP contribution >= 0.6 is 24.8 Å². The first kappa shape index (κ1) is 19.1. The highest BCUT2D eigenvalue weighted by atomic mass is 35.5. The van der Waals surface area contributed by atoms with Crippen molar-refractivity contribution in [1.82, 2.24) is 10.2 Å². The molecule has 1 aromatic rings. The number of hydrogen-bond donors (Lipinski definition) is 3. The number of rotatable bonds is 4. The van der Waals surface area contributed by atoms with E-state index in [0.717, 1.165) is 38.2 Å². The molecule has 0 unspecified atom stereocenters. The molecule has 1 fully saturated rings. The number of hydrogen-bond acceptors (Lipinski definition) is 4. The van der Waals surface area contributed by atoms with Crippen LogP contribution in [-0.2, 0) is 0 Å². The van der Waals surface area contributed by atoms with Crippen molar-refractivity contribution in [3.8, 4) is 11.5 Å². The Hall–Kier alpha value is -0.940. The summed E-state index contributed by atoms with van der Waals surface area (Å²) in [6.45, 7) is 7.75. The Balaban J connectivity index is 0.00000180. The zero-order valence-corrected chi connectivity index (χ0v) is 12.9. The Morgan fingerprint density at radius 1 is 1.20 bits per heavy atom. The van der Waals surface area contributed by atoms with Gasteiger partial charge in [-0.05, 0) is 24.1 Å². The zero-order valence-electron chi connectivity index (χ0n) is 11.3. The van der Waals surface area contributed by atoms with E-state index >= 15 is 0 Å². The normalized spacial score (nSPS) is 16.6. The van der Waals surface area contributed by atoms with Crippen molar-refractivity contribution in [3.05, 3.63) is 36.4 Å². The van der Waals surface area contributed by atoms with Gasteiger partial charge in [0.25, 0.3) is 0 Å². The fourth-order valence-electron chi connectivity index (χ4n) is 2.40. The van der Waals surface area contributed by atoms with Gasteiger partial charge in [-0.15, -0.1) is 31.4 Å². The minimum absolute atomic E-state index is 0. The second kappa shape index (κ2) is 9.08. The number of nitrogens with one attached hydrogen (secondary N) is 1. The van der Waals surface area contributed by atoms with Crippen LogP contribution in [0.15, 0.2) is 30.9 Å². The van der Waals surface area contributed by atoms with Gasteiger partial charge in [0.2, 0.25) is 0 Å². The lowest BCUT2D eigenvalue weighted by atomic mass is 10.0.